The van der Waals surface area contributed by atoms with Crippen LogP contribution in [-0.2, 0) is 6.42 Å². The van der Waals surface area contributed by atoms with E-state index >= 15 is 0 Å². The van der Waals surface area contributed by atoms with Crippen LogP contribution in [0, 0.1) is 0 Å². The van der Waals surface area contributed by atoms with Crippen LogP contribution in [0.1, 0.15) is 23.6 Å². The lowest BCUT2D eigenvalue weighted by molar-refractivity contribution is 0.131. The van der Waals surface area contributed by atoms with E-state index in [0.717, 1.165) is 18.4 Å². The first kappa shape index (κ1) is 15.1. The molecule has 0 bridgehead atoms. The highest BCUT2D eigenvalue weighted by atomic mass is 35.5. The Morgan fingerprint density at radius 1 is 1.42 bits per heavy atom. The van der Waals surface area contributed by atoms with Gasteiger partial charge < -0.3 is 15.3 Å². The van der Waals surface area contributed by atoms with Gasteiger partial charge in [0, 0.05) is 19.1 Å². The van der Waals surface area contributed by atoms with Crippen molar-refractivity contribution < 1.29 is 5.11 Å². The highest BCUT2D eigenvalue weighted by molar-refractivity contribution is 6.42. The number of fused-ring (bicyclic) bond motifs is 1. The summed E-state index contributed by atoms with van der Waals surface area (Å²) in [6.07, 6.45) is 1.59. The molecule has 1 aliphatic carbocycles. The second-order valence-electron chi connectivity index (χ2n) is 5.34. The van der Waals surface area contributed by atoms with E-state index in [9.17, 15) is 5.11 Å². The average Bonchev–Trinajstić information content (AvgIpc) is 2.74. The Labute approximate surface area is 124 Å². The summed E-state index contributed by atoms with van der Waals surface area (Å²) in [4.78, 5) is 1.98. The van der Waals surface area contributed by atoms with E-state index in [1.807, 2.05) is 31.1 Å². The number of benzene rings is 1. The van der Waals surface area contributed by atoms with Crippen molar-refractivity contribution in [1.29, 1.82) is 0 Å². The predicted molar refractivity (Wildman–Crippen MR) is 80.1 cm³/mol. The molecule has 0 aromatic heterocycles. The number of aliphatic hydroxyl groups excluding tert-OH is 1. The third kappa shape index (κ3) is 3.61. The molecular weight excluding hydrogens is 283 g/mol. The molecule has 2 N–H and O–H groups in total. The quantitative estimate of drug-likeness (QED) is 0.877. The molecule has 1 aromatic carbocycles. The number of rotatable bonds is 5. The normalized spacial score (nSPS) is 19.8. The lowest BCUT2D eigenvalue weighted by atomic mass is 10.1. The van der Waals surface area contributed by atoms with E-state index in [1.54, 1.807) is 0 Å². The van der Waals surface area contributed by atoms with Gasteiger partial charge in [-0.2, -0.15) is 0 Å². The number of hydrogen-bond acceptors (Lipinski definition) is 3. The molecule has 0 saturated carbocycles. The van der Waals surface area contributed by atoms with Gasteiger partial charge in [0.2, 0.25) is 0 Å². The molecule has 106 valence electrons. The number of aliphatic hydroxyl groups is 1. The van der Waals surface area contributed by atoms with Gasteiger partial charge in [0.25, 0.3) is 0 Å². The molecule has 2 rings (SSSR count). The van der Waals surface area contributed by atoms with Gasteiger partial charge in [-0.05, 0) is 44.1 Å². The van der Waals surface area contributed by atoms with Gasteiger partial charge in [-0.15, -0.1) is 0 Å². The zero-order valence-electron chi connectivity index (χ0n) is 11.3. The van der Waals surface area contributed by atoms with E-state index in [0.29, 0.717) is 23.1 Å². The van der Waals surface area contributed by atoms with Crippen LogP contribution in [0.5, 0.6) is 0 Å². The van der Waals surface area contributed by atoms with Crippen molar-refractivity contribution in [3.8, 4) is 0 Å². The summed E-state index contributed by atoms with van der Waals surface area (Å²) in [5.41, 5.74) is 2.36. The van der Waals surface area contributed by atoms with Crippen LogP contribution in [0.25, 0.3) is 0 Å². The zero-order chi connectivity index (χ0) is 14.0. The maximum Gasteiger partial charge on any atom is 0.0791 e. The van der Waals surface area contributed by atoms with Crippen LogP contribution in [0.4, 0.5) is 0 Å². The fourth-order valence-electron chi connectivity index (χ4n) is 2.61. The minimum Gasteiger partial charge on any atom is -0.390 e. The Balaban J connectivity index is 1.98. The molecule has 2 unspecified atom stereocenters. The SMILES string of the molecule is CN(C)CC(O)CNC1CCc2c1ccc(Cl)c2Cl. The molecule has 0 amide bonds. The third-order valence-electron chi connectivity index (χ3n) is 3.47. The summed E-state index contributed by atoms with van der Waals surface area (Å²) >= 11 is 12.2. The molecule has 19 heavy (non-hydrogen) atoms. The summed E-state index contributed by atoms with van der Waals surface area (Å²) in [6, 6.07) is 4.15. The van der Waals surface area contributed by atoms with Crippen molar-refractivity contribution in [2.75, 3.05) is 27.2 Å². The van der Waals surface area contributed by atoms with E-state index in [2.05, 4.69) is 5.32 Å². The van der Waals surface area contributed by atoms with Gasteiger partial charge in [-0.1, -0.05) is 29.3 Å². The van der Waals surface area contributed by atoms with Crippen LogP contribution in [-0.4, -0.2) is 43.3 Å². The molecule has 0 saturated heterocycles. The zero-order valence-corrected chi connectivity index (χ0v) is 12.8. The minimum atomic E-state index is -0.359. The Hall–Kier alpha value is -0.320. The summed E-state index contributed by atoms with van der Waals surface area (Å²) in [5.74, 6) is 0. The van der Waals surface area contributed by atoms with Gasteiger partial charge in [-0.25, -0.2) is 0 Å². The van der Waals surface area contributed by atoms with Gasteiger partial charge >= 0.3 is 0 Å². The van der Waals surface area contributed by atoms with Gasteiger partial charge in [0.05, 0.1) is 16.1 Å². The summed E-state index contributed by atoms with van der Waals surface area (Å²) < 4.78 is 0. The van der Waals surface area contributed by atoms with Crippen LogP contribution in [0.15, 0.2) is 12.1 Å². The highest BCUT2D eigenvalue weighted by Gasteiger charge is 2.25. The predicted octanol–water partition coefficient (Wildman–Crippen LogP) is 2.49. The second kappa shape index (κ2) is 6.42. The fraction of sp³-hybridized carbons (Fsp3) is 0.571. The fourth-order valence-corrected chi connectivity index (χ4v) is 3.05. The van der Waals surface area contributed by atoms with E-state index < -0.39 is 0 Å². The molecule has 3 nitrogen and oxygen atoms in total. The molecule has 2 atom stereocenters. The van der Waals surface area contributed by atoms with Crippen molar-refractivity contribution in [3.05, 3.63) is 33.3 Å². The van der Waals surface area contributed by atoms with Gasteiger partial charge in [0.1, 0.15) is 0 Å². The van der Waals surface area contributed by atoms with E-state index in [4.69, 9.17) is 23.2 Å². The Kier molecular flexibility index (Phi) is 5.09. The lowest BCUT2D eigenvalue weighted by Gasteiger charge is -2.20. The van der Waals surface area contributed by atoms with Crippen LogP contribution < -0.4 is 5.32 Å². The molecule has 0 aliphatic heterocycles. The summed E-state index contributed by atoms with van der Waals surface area (Å²) in [6.45, 7) is 1.25. The summed E-state index contributed by atoms with van der Waals surface area (Å²) in [7, 11) is 3.91. The van der Waals surface area contributed by atoms with Crippen molar-refractivity contribution >= 4 is 23.2 Å². The van der Waals surface area contributed by atoms with E-state index in [-0.39, 0.29) is 12.1 Å². The molecule has 0 radical (unpaired) electrons. The molecule has 1 aliphatic rings. The highest BCUT2D eigenvalue weighted by Crippen LogP contribution is 2.38. The molecule has 0 heterocycles. The summed E-state index contributed by atoms with van der Waals surface area (Å²) in [5, 5.41) is 14.6. The largest absolute Gasteiger partial charge is 0.390 e. The number of halogens is 2. The van der Waals surface area contributed by atoms with Crippen molar-refractivity contribution in [1.82, 2.24) is 10.2 Å². The first-order valence-electron chi connectivity index (χ1n) is 6.52. The molecule has 5 heteroatoms. The topological polar surface area (TPSA) is 35.5 Å². The lowest BCUT2D eigenvalue weighted by Crippen LogP contribution is -2.36. The first-order valence-corrected chi connectivity index (χ1v) is 7.27. The molecule has 1 aromatic rings. The van der Waals surface area contributed by atoms with Crippen LogP contribution >= 0.6 is 23.2 Å². The Morgan fingerprint density at radius 3 is 2.84 bits per heavy atom. The maximum absolute atomic E-state index is 9.88. The smallest absolute Gasteiger partial charge is 0.0791 e. The minimum absolute atomic E-state index is 0.265. The monoisotopic (exact) mass is 302 g/mol. The maximum atomic E-state index is 9.88. The van der Waals surface area contributed by atoms with Crippen LogP contribution in [0.3, 0.4) is 0 Å². The molecule has 0 spiro atoms. The number of hydrogen-bond donors (Lipinski definition) is 2. The molecule has 0 fully saturated rings. The van der Waals surface area contributed by atoms with Gasteiger partial charge in [0.15, 0.2) is 0 Å². The van der Waals surface area contributed by atoms with Crippen molar-refractivity contribution in [2.24, 2.45) is 0 Å². The number of nitrogens with one attached hydrogen (secondary N) is 1. The average molecular weight is 303 g/mol. The van der Waals surface area contributed by atoms with Crippen LogP contribution in [0.2, 0.25) is 10.0 Å². The Bertz CT molecular complexity index is 451. The number of likely N-dealkylation sites (N-methyl/N-ethyl adjacent to an activating group) is 1. The van der Waals surface area contributed by atoms with E-state index in [1.165, 1.54) is 5.56 Å². The Morgan fingerprint density at radius 2 is 2.16 bits per heavy atom. The standard InChI is InChI=1S/C14H20Cl2N2O/c1-18(2)8-9(19)7-17-13-6-4-11-10(13)3-5-12(15)14(11)16/h3,5,9,13,17,19H,4,6-8H2,1-2H3. The first-order chi connectivity index (χ1) is 8.99. The van der Waals surface area contributed by atoms with Crippen molar-refractivity contribution in [3.63, 3.8) is 0 Å². The van der Waals surface area contributed by atoms with Gasteiger partial charge in [-0.3, -0.25) is 0 Å². The molecular formula is C14H20Cl2N2O. The number of nitrogens with zero attached hydrogens (tertiary/aromatic N) is 1. The third-order valence-corrected chi connectivity index (χ3v) is 4.31. The van der Waals surface area contributed by atoms with Crippen molar-refractivity contribution in [2.45, 2.75) is 25.0 Å². The second-order valence-corrected chi connectivity index (χ2v) is 6.13.